The summed E-state index contributed by atoms with van der Waals surface area (Å²) in [7, 11) is 0. The second-order valence-corrected chi connectivity index (χ2v) is 5.13. The number of carbonyl (C=O) groups excluding carboxylic acids is 1. The highest BCUT2D eigenvalue weighted by atomic mass is 16.5. The van der Waals surface area contributed by atoms with Crippen LogP contribution < -0.4 is 0 Å². The first-order chi connectivity index (χ1) is 11.7. The van der Waals surface area contributed by atoms with Crippen molar-refractivity contribution in [1.29, 1.82) is 5.26 Å². The lowest BCUT2D eigenvalue weighted by Crippen LogP contribution is -2.05. The van der Waals surface area contributed by atoms with Gasteiger partial charge in [0.05, 0.1) is 23.8 Å². The van der Waals surface area contributed by atoms with Crippen LogP contribution in [0.5, 0.6) is 5.75 Å². The van der Waals surface area contributed by atoms with Gasteiger partial charge < -0.3 is 9.84 Å². The average molecular weight is 318 g/mol. The normalized spacial score (nSPS) is 10.3. The molecule has 1 aromatic heterocycles. The summed E-state index contributed by atoms with van der Waals surface area (Å²) in [5.74, 6) is -0.748. The van der Waals surface area contributed by atoms with Gasteiger partial charge in [-0.05, 0) is 30.7 Å². The minimum Gasteiger partial charge on any atom is -0.506 e. The summed E-state index contributed by atoms with van der Waals surface area (Å²) in [5.41, 5.74) is 2.87. The Kier molecular flexibility index (Phi) is 4.13. The van der Waals surface area contributed by atoms with Gasteiger partial charge in [-0.1, -0.05) is 24.3 Å². The highest BCUT2D eigenvalue weighted by molar-refractivity contribution is 6.03. The maximum absolute atomic E-state index is 11.9. The SMILES string of the molecule is CCOC(=O)c1cnc2c(-c3ccc(C#N)cc3)cccc2c1O. The van der Waals surface area contributed by atoms with Gasteiger partial charge in [-0.25, -0.2) is 4.79 Å². The first-order valence-electron chi connectivity index (χ1n) is 7.44. The van der Waals surface area contributed by atoms with Crippen LogP contribution in [0, 0.1) is 11.3 Å². The number of benzene rings is 2. The molecule has 0 atom stereocenters. The van der Waals surface area contributed by atoms with Crippen molar-refractivity contribution in [3.63, 3.8) is 0 Å². The Balaban J connectivity index is 2.16. The predicted octanol–water partition coefficient (Wildman–Crippen LogP) is 3.66. The van der Waals surface area contributed by atoms with Crippen molar-refractivity contribution in [1.82, 2.24) is 4.98 Å². The summed E-state index contributed by atoms with van der Waals surface area (Å²) in [6.45, 7) is 1.92. The highest BCUT2D eigenvalue weighted by Gasteiger charge is 2.17. The van der Waals surface area contributed by atoms with Crippen LogP contribution in [-0.4, -0.2) is 22.7 Å². The Hall–Kier alpha value is -3.39. The van der Waals surface area contributed by atoms with Crippen molar-refractivity contribution in [3.8, 4) is 22.9 Å². The summed E-state index contributed by atoms with van der Waals surface area (Å²) in [6.07, 6.45) is 1.32. The average Bonchev–Trinajstić information content (AvgIpc) is 2.62. The van der Waals surface area contributed by atoms with E-state index in [2.05, 4.69) is 11.1 Å². The first-order valence-corrected chi connectivity index (χ1v) is 7.44. The number of aromatic hydroxyl groups is 1. The van der Waals surface area contributed by atoms with Crippen molar-refractivity contribution in [2.75, 3.05) is 6.61 Å². The number of nitriles is 1. The van der Waals surface area contributed by atoms with Gasteiger partial charge >= 0.3 is 5.97 Å². The van der Waals surface area contributed by atoms with Crippen LogP contribution in [0.3, 0.4) is 0 Å². The van der Waals surface area contributed by atoms with Gasteiger partial charge in [-0.3, -0.25) is 4.98 Å². The van der Waals surface area contributed by atoms with Crippen molar-refractivity contribution >= 4 is 16.9 Å². The summed E-state index contributed by atoms with van der Waals surface area (Å²) in [5, 5.41) is 19.8. The number of carbonyl (C=O) groups is 1. The van der Waals surface area contributed by atoms with Crippen molar-refractivity contribution in [2.45, 2.75) is 6.92 Å². The monoisotopic (exact) mass is 318 g/mol. The lowest BCUT2D eigenvalue weighted by atomic mass is 10.00. The van der Waals surface area contributed by atoms with Crippen LogP contribution in [0.25, 0.3) is 22.0 Å². The molecule has 0 radical (unpaired) electrons. The molecule has 0 fully saturated rings. The largest absolute Gasteiger partial charge is 0.506 e. The molecule has 0 bridgehead atoms. The number of pyridine rings is 1. The molecule has 118 valence electrons. The fraction of sp³-hybridized carbons (Fsp3) is 0.105. The van der Waals surface area contributed by atoms with E-state index in [1.807, 2.05) is 18.2 Å². The molecule has 0 aliphatic rings. The Morgan fingerprint density at radius 1 is 1.25 bits per heavy atom. The van der Waals surface area contributed by atoms with Gasteiger partial charge in [-0.15, -0.1) is 0 Å². The van der Waals surface area contributed by atoms with Gasteiger partial charge in [0.25, 0.3) is 0 Å². The lowest BCUT2D eigenvalue weighted by molar-refractivity contribution is 0.0523. The molecule has 0 unspecified atom stereocenters. The zero-order valence-electron chi connectivity index (χ0n) is 13.0. The first kappa shape index (κ1) is 15.5. The Morgan fingerprint density at radius 3 is 2.67 bits per heavy atom. The van der Waals surface area contributed by atoms with Crippen LogP contribution in [0.1, 0.15) is 22.8 Å². The summed E-state index contributed by atoms with van der Waals surface area (Å²) in [6, 6.07) is 14.5. The molecule has 1 N–H and O–H groups in total. The van der Waals surface area contributed by atoms with Gasteiger partial charge in [0.2, 0.25) is 0 Å². The van der Waals surface area contributed by atoms with E-state index in [0.717, 1.165) is 11.1 Å². The van der Waals surface area contributed by atoms with E-state index < -0.39 is 5.97 Å². The standard InChI is InChI=1S/C19H14N2O3/c1-2-24-19(23)16-11-21-17-14(4-3-5-15(17)18(16)22)13-8-6-12(10-20)7-9-13/h3-9,11H,2H2,1H3,(H,21,22). The van der Waals surface area contributed by atoms with Crippen LogP contribution >= 0.6 is 0 Å². The van der Waals surface area contributed by atoms with Crippen LogP contribution in [0.2, 0.25) is 0 Å². The molecule has 2 aromatic carbocycles. The Morgan fingerprint density at radius 2 is 2.00 bits per heavy atom. The Bertz CT molecular complexity index is 957. The second-order valence-electron chi connectivity index (χ2n) is 5.13. The number of nitrogens with zero attached hydrogens (tertiary/aromatic N) is 2. The van der Waals surface area contributed by atoms with E-state index >= 15 is 0 Å². The van der Waals surface area contributed by atoms with Gasteiger partial charge in [0.1, 0.15) is 11.3 Å². The van der Waals surface area contributed by atoms with E-state index in [1.165, 1.54) is 6.20 Å². The maximum atomic E-state index is 11.9. The smallest absolute Gasteiger partial charge is 0.343 e. The molecule has 0 spiro atoms. The third-order valence-electron chi connectivity index (χ3n) is 3.69. The zero-order chi connectivity index (χ0) is 17.1. The predicted molar refractivity (Wildman–Crippen MR) is 89.5 cm³/mol. The van der Waals surface area contributed by atoms with Gasteiger partial charge in [0.15, 0.2) is 0 Å². The van der Waals surface area contributed by atoms with Crippen LogP contribution in [-0.2, 0) is 4.74 Å². The second kappa shape index (κ2) is 6.39. The molecule has 3 rings (SSSR count). The zero-order valence-corrected chi connectivity index (χ0v) is 13.0. The van der Waals surface area contributed by atoms with Crippen molar-refractivity contribution in [3.05, 3.63) is 59.8 Å². The molecular formula is C19H14N2O3. The minimum absolute atomic E-state index is 0.0429. The van der Waals surface area contributed by atoms with Crippen LogP contribution in [0.4, 0.5) is 0 Å². The maximum Gasteiger partial charge on any atom is 0.343 e. The van der Waals surface area contributed by atoms with E-state index in [0.29, 0.717) is 16.5 Å². The van der Waals surface area contributed by atoms with Crippen molar-refractivity contribution < 1.29 is 14.6 Å². The summed E-state index contributed by atoms with van der Waals surface area (Å²) < 4.78 is 4.93. The van der Waals surface area contributed by atoms with Crippen molar-refractivity contribution in [2.24, 2.45) is 0 Å². The number of rotatable bonds is 3. The molecule has 0 saturated carbocycles. The van der Waals surface area contributed by atoms with Gasteiger partial charge in [0, 0.05) is 17.1 Å². The molecule has 0 aliphatic heterocycles. The van der Waals surface area contributed by atoms with E-state index in [1.54, 1.807) is 31.2 Å². The minimum atomic E-state index is -0.604. The molecule has 0 aliphatic carbocycles. The fourth-order valence-corrected chi connectivity index (χ4v) is 2.52. The molecule has 0 saturated heterocycles. The molecule has 5 nitrogen and oxygen atoms in total. The summed E-state index contributed by atoms with van der Waals surface area (Å²) >= 11 is 0. The van der Waals surface area contributed by atoms with Crippen LogP contribution in [0.15, 0.2) is 48.7 Å². The fourth-order valence-electron chi connectivity index (χ4n) is 2.52. The number of hydrogen-bond acceptors (Lipinski definition) is 5. The molecule has 5 heteroatoms. The third-order valence-corrected chi connectivity index (χ3v) is 3.69. The molecule has 24 heavy (non-hydrogen) atoms. The molecular weight excluding hydrogens is 304 g/mol. The number of esters is 1. The number of para-hydroxylation sites is 1. The molecule has 0 amide bonds. The lowest BCUT2D eigenvalue weighted by Gasteiger charge is -2.10. The van der Waals surface area contributed by atoms with E-state index in [9.17, 15) is 9.90 Å². The quantitative estimate of drug-likeness (QED) is 0.745. The number of ether oxygens (including phenoxy) is 1. The topological polar surface area (TPSA) is 83.2 Å². The third kappa shape index (κ3) is 2.66. The number of aromatic nitrogens is 1. The van der Waals surface area contributed by atoms with Gasteiger partial charge in [-0.2, -0.15) is 5.26 Å². The van der Waals surface area contributed by atoms with E-state index in [-0.39, 0.29) is 17.9 Å². The highest BCUT2D eigenvalue weighted by Crippen LogP contribution is 2.33. The summed E-state index contributed by atoms with van der Waals surface area (Å²) in [4.78, 5) is 16.2. The van der Waals surface area contributed by atoms with E-state index in [4.69, 9.17) is 10.00 Å². The number of hydrogen-bond donors (Lipinski definition) is 1. The molecule has 1 heterocycles. The number of fused-ring (bicyclic) bond motifs is 1. The Labute approximate surface area is 138 Å². The molecule has 3 aromatic rings.